The van der Waals surface area contributed by atoms with Gasteiger partial charge in [0.05, 0.1) is 18.9 Å². The van der Waals surface area contributed by atoms with Crippen LogP contribution in [0.2, 0.25) is 0 Å². The summed E-state index contributed by atoms with van der Waals surface area (Å²) >= 11 is 0. The van der Waals surface area contributed by atoms with Gasteiger partial charge >= 0.3 is 6.03 Å². The molecule has 1 N–H and O–H groups in total. The Kier molecular flexibility index (Phi) is 6.06. The van der Waals surface area contributed by atoms with Gasteiger partial charge in [-0.2, -0.15) is 5.10 Å². The molecule has 1 aliphatic heterocycles. The lowest BCUT2D eigenvalue weighted by Crippen LogP contribution is -2.50. The van der Waals surface area contributed by atoms with Gasteiger partial charge in [-0.05, 0) is 24.5 Å². The highest BCUT2D eigenvalue weighted by atomic mass is 16.5. The summed E-state index contributed by atoms with van der Waals surface area (Å²) in [4.78, 5) is 14.2. The number of ether oxygens (including phenoxy) is 1. The van der Waals surface area contributed by atoms with E-state index in [2.05, 4.69) is 22.5 Å². The van der Waals surface area contributed by atoms with Crippen molar-refractivity contribution in [1.29, 1.82) is 0 Å². The number of urea groups is 1. The molecule has 2 aromatic rings. The molecule has 1 fully saturated rings. The molecule has 0 aliphatic carbocycles. The zero-order chi connectivity index (χ0) is 17.5. The van der Waals surface area contributed by atoms with Crippen LogP contribution >= 0.6 is 0 Å². The quantitative estimate of drug-likeness (QED) is 0.819. The number of aromatic nitrogens is 2. The van der Waals surface area contributed by atoms with Gasteiger partial charge in [0.15, 0.2) is 0 Å². The van der Waals surface area contributed by atoms with Gasteiger partial charge in [-0.25, -0.2) is 4.79 Å². The minimum absolute atomic E-state index is 0.00184. The van der Waals surface area contributed by atoms with Crippen LogP contribution in [0, 0.1) is 6.92 Å². The molecule has 1 unspecified atom stereocenters. The largest absolute Gasteiger partial charge is 0.374 e. The third kappa shape index (κ3) is 5.32. The van der Waals surface area contributed by atoms with Gasteiger partial charge in [0, 0.05) is 38.8 Å². The first-order chi connectivity index (χ1) is 12.2. The van der Waals surface area contributed by atoms with E-state index in [1.807, 2.05) is 47.1 Å². The molecule has 1 atom stereocenters. The molecule has 1 aromatic heterocycles. The Bertz CT molecular complexity index is 671. The molecule has 0 saturated carbocycles. The lowest BCUT2D eigenvalue weighted by atomic mass is 10.1. The molecular formula is C19H26N4O2. The van der Waals surface area contributed by atoms with Crippen molar-refractivity contribution in [3.8, 4) is 0 Å². The van der Waals surface area contributed by atoms with E-state index in [1.54, 1.807) is 0 Å². The average Bonchev–Trinajstić information content (AvgIpc) is 3.05. The van der Waals surface area contributed by atoms with E-state index in [1.165, 1.54) is 5.56 Å². The average molecular weight is 342 g/mol. The maximum atomic E-state index is 12.3. The Morgan fingerprint density at radius 1 is 1.36 bits per heavy atom. The molecule has 2 heterocycles. The van der Waals surface area contributed by atoms with Gasteiger partial charge in [-0.3, -0.25) is 4.68 Å². The Balaban J connectivity index is 1.39. The van der Waals surface area contributed by atoms with Crippen molar-refractivity contribution in [2.75, 3.05) is 26.2 Å². The van der Waals surface area contributed by atoms with E-state index in [-0.39, 0.29) is 12.1 Å². The van der Waals surface area contributed by atoms with Crippen LogP contribution < -0.4 is 5.32 Å². The summed E-state index contributed by atoms with van der Waals surface area (Å²) in [6.45, 7) is 5.37. The number of carbonyl (C=O) groups excluding carboxylic acids is 1. The molecule has 1 aromatic carbocycles. The zero-order valence-electron chi connectivity index (χ0n) is 14.7. The molecule has 6 heteroatoms. The summed E-state index contributed by atoms with van der Waals surface area (Å²) in [5.41, 5.74) is 2.39. The van der Waals surface area contributed by atoms with Gasteiger partial charge in [0.1, 0.15) is 0 Å². The third-order valence-corrected chi connectivity index (χ3v) is 4.33. The number of nitrogens with zero attached hydrogens (tertiary/aromatic N) is 3. The van der Waals surface area contributed by atoms with Crippen LogP contribution in [-0.2, 0) is 17.7 Å². The third-order valence-electron chi connectivity index (χ3n) is 4.33. The van der Waals surface area contributed by atoms with Gasteiger partial charge in [-0.15, -0.1) is 0 Å². The SMILES string of the molecule is Cc1cnn(CCCNC(=O)N2CCOC(Cc3ccccc3)C2)c1. The fourth-order valence-corrected chi connectivity index (χ4v) is 3.04. The number of nitrogens with one attached hydrogen (secondary N) is 1. The molecule has 134 valence electrons. The van der Waals surface area contributed by atoms with Crippen LogP contribution in [0.25, 0.3) is 0 Å². The predicted molar refractivity (Wildman–Crippen MR) is 96.4 cm³/mol. The summed E-state index contributed by atoms with van der Waals surface area (Å²) in [7, 11) is 0. The summed E-state index contributed by atoms with van der Waals surface area (Å²) in [5, 5.41) is 7.25. The Morgan fingerprint density at radius 2 is 2.20 bits per heavy atom. The molecule has 0 spiro atoms. The minimum Gasteiger partial charge on any atom is -0.374 e. The van der Waals surface area contributed by atoms with Crippen molar-refractivity contribution in [2.45, 2.75) is 32.4 Å². The number of hydrogen-bond acceptors (Lipinski definition) is 3. The van der Waals surface area contributed by atoms with Gasteiger partial charge in [0.25, 0.3) is 0 Å². The highest BCUT2D eigenvalue weighted by molar-refractivity contribution is 5.74. The molecule has 1 saturated heterocycles. The lowest BCUT2D eigenvalue weighted by Gasteiger charge is -2.33. The lowest BCUT2D eigenvalue weighted by molar-refractivity contribution is -0.0132. The summed E-state index contributed by atoms with van der Waals surface area (Å²) in [6.07, 6.45) is 5.62. The highest BCUT2D eigenvalue weighted by Crippen LogP contribution is 2.11. The first-order valence-corrected chi connectivity index (χ1v) is 8.88. The second-order valence-electron chi connectivity index (χ2n) is 6.49. The molecule has 6 nitrogen and oxygen atoms in total. The number of carbonyl (C=O) groups is 1. The zero-order valence-corrected chi connectivity index (χ0v) is 14.7. The molecule has 2 amide bonds. The van der Waals surface area contributed by atoms with Crippen molar-refractivity contribution in [1.82, 2.24) is 20.0 Å². The van der Waals surface area contributed by atoms with E-state index in [0.717, 1.165) is 24.9 Å². The van der Waals surface area contributed by atoms with Crippen molar-refractivity contribution in [2.24, 2.45) is 0 Å². The summed E-state index contributed by atoms with van der Waals surface area (Å²) in [5.74, 6) is 0. The first kappa shape index (κ1) is 17.5. The number of rotatable bonds is 6. The van der Waals surface area contributed by atoms with Crippen LogP contribution in [0.4, 0.5) is 4.79 Å². The van der Waals surface area contributed by atoms with Crippen LogP contribution in [0.1, 0.15) is 17.5 Å². The maximum absolute atomic E-state index is 12.3. The smallest absolute Gasteiger partial charge is 0.317 e. The number of hydrogen-bond donors (Lipinski definition) is 1. The fourth-order valence-electron chi connectivity index (χ4n) is 3.04. The maximum Gasteiger partial charge on any atom is 0.317 e. The Labute approximate surface area is 148 Å². The number of amides is 2. The number of aryl methyl sites for hydroxylation is 2. The fraction of sp³-hybridized carbons (Fsp3) is 0.474. The predicted octanol–water partition coefficient (Wildman–Crippen LogP) is 2.23. The van der Waals surface area contributed by atoms with Crippen molar-refractivity contribution >= 4 is 6.03 Å². The molecule has 0 bridgehead atoms. The summed E-state index contributed by atoms with van der Waals surface area (Å²) in [6, 6.07) is 10.3. The van der Waals surface area contributed by atoms with E-state index < -0.39 is 0 Å². The van der Waals surface area contributed by atoms with Crippen LogP contribution in [-0.4, -0.2) is 53.1 Å². The van der Waals surface area contributed by atoms with Crippen LogP contribution in [0.5, 0.6) is 0 Å². The van der Waals surface area contributed by atoms with Gasteiger partial charge in [-0.1, -0.05) is 30.3 Å². The van der Waals surface area contributed by atoms with Crippen molar-refractivity contribution in [3.05, 3.63) is 53.9 Å². The standard InChI is InChI=1S/C19H26N4O2/c1-16-13-21-23(14-16)9-5-8-20-19(24)22-10-11-25-18(15-22)12-17-6-3-2-4-7-17/h2-4,6-7,13-14,18H,5,8-12,15H2,1H3,(H,20,24). The Hall–Kier alpha value is -2.34. The van der Waals surface area contributed by atoms with Crippen LogP contribution in [0.15, 0.2) is 42.7 Å². The molecule has 0 radical (unpaired) electrons. The van der Waals surface area contributed by atoms with Gasteiger partial charge in [0.2, 0.25) is 0 Å². The second kappa shape index (κ2) is 8.67. The van der Waals surface area contributed by atoms with E-state index in [4.69, 9.17) is 4.74 Å². The monoisotopic (exact) mass is 342 g/mol. The van der Waals surface area contributed by atoms with Crippen LogP contribution in [0.3, 0.4) is 0 Å². The van der Waals surface area contributed by atoms with E-state index in [9.17, 15) is 4.79 Å². The van der Waals surface area contributed by atoms with E-state index in [0.29, 0.717) is 26.2 Å². The highest BCUT2D eigenvalue weighted by Gasteiger charge is 2.24. The normalized spacial score (nSPS) is 17.5. The van der Waals surface area contributed by atoms with Gasteiger partial charge < -0.3 is 15.0 Å². The van der Waals surface area contributed by atoms with E-state index >= 15 is 0 Å². The molecular weight excluding hydrogens is 316 g/mol. The molecule has 3 rings (SSSR count). The first-order valence-electron chi connectivity index (χ1n) is 8.88. The number of benzene rings is 1. The Morgan fingerprint density at radius 3 is 2.96 bits per heavy atom. The molecule has 1 aliphatic rings. The van der Waals surface area contributed by atoms with Crippen molar-refractivity contribution < 1.29 is 9.53 Å². The number of morpholine rings is 1. The molecule has 25 heavy (non-hydrogen) atoms. The van der Waals surface area contributed by atoms with Crippen molar-refractivity contribution in [3.63, 3.8) is 0 Å². The minimum atomic E-state index is -0.00184. The topological polar surface area (TPSA) is 59.4 Å². The summed E-state index contributed by atoms with van der Waals surface area (Å²) < 4.78 is 7.72. The second-order valence-corrected chi connectivity index (χ2v) is 6.49.